The summed E-state index contributed by atoms with van der Waals surface area (Å²) in [5.74, 6) is -1.13. The zero-order valence-electron chi connectivity index (χ0n) is 19.7. The molecule has 4 nitrogen and oxygen atoms in total. The summed E-state index contributed by atoms with van der Waals surface area (Å²) in [6, 6.07) is 8.06. The molecule has 1 atom stereocenters. The Morgan fingerprint density at radius 3 is 1.53 bits per heavy atom. The van der Waals surface area contributed by atoms with Gasteiger partial charge < -0.3 is 31.9 Å². The van der Waals surface area contributed by atoms with Crippen LogP contribution >= 0.6 is 0 Å². The van der Waals surface area contributed by atoms with E-state index in [-0.39, 0.29) is 24.1 Å². The van der Waals surface area contributed by atoms with Crippen molar-refractivity contribution < 1.29 is 31.9 Å². The molecule has 0 fully saturated rings. The summed E-state index contributed by atoms with van der Waals surface area (Å²) in [6.45, 7) is 13.6. The van der Waals surface area contributed by atoms with Crippen LogP contribution < -0.4 is 17.5 Å². The quantitative estimate of drug-likeness (QED) is 0.333. The zero-order valence-corrected chi connectivity index (χ0v) is 20.5. The van der Waals surface area contributed by atoms with Gasteiger partial charge in [0.1, 0.15) is 12.6 Å². The van der Waals surface area contributed by atoms with Crippen LogP contribution in [0.4, 0.5) is 0 Å². The molecular formula is C25H45ClNO3-. The van der Waals surface area contributed by atoms with Crippen molar-refractivity contribution in [3.8, 4) is 0 Å². The molecule has 0 aliphatic rings. The van der Waals surface area contributed by atoms with Gasteiger partial charge in [0.2, 0.25) is 0 Å². The van der Waals surface area contributed by atoms with Crippen molar-refractivity contribution in [1.82, 2.24) is 0 Å². The molecule has 176 valence electrons. The summed E-state index contributed by atoms with van der Waals surface area (Å²) < 4.78 is 1.16. The van der Waals surface area contributed by atoms with Gasteiger partial charge in [0.25, 0.3) is 0 Å². The van der Waals surface area contributed by atoms with Gasteiger partial charge in [-0.3, -0.25) is 0 Å². The maximum atomic E-state index is 10.1. The van der Waals surface area contributed by atoms with Gasteiger partial charge in [-0.1, -0.05) is 70.4 Å². The Hall–Kier alpha value is -1.10. The highest BCUT2D eigenvalue weighted by atomic mass is 35.5. The third kappa shape index (κ3) is 15.7. The molecule has 5 heteroatoms. The molecule has 1 unspecified atom stereocenters. The highest BCUT2D eigenvalue weighted by Crippen LogP contribution is 2.17. The SMILES string of the molecule is CCCCC[N+](CCCCC)(CCCCC)CC(C)O.O=C([O-])c1ccccc1.[Cl-]. The van der Waals surface area contributed by atoms with E-state index in [9.17, 15) is 15.0 Å². The predicted octanol–water partition coefficient (Wildman–Crippen LogP) is 1.81. The number of carboxylic acids is 1. The Morgan fingerprint density at radius 1 is 0.867 bits per heavy atom. The van der Waals surface area contributed by atoms with Gasteiger partial charge in [0.15, 0.2) is 0 Å². The second-order valence-corrected chi connectivity index (χ2v) is 8.32. The number of rotatable bonds is 15. The van der Waals surface area contributed by atoms with Crippen molar-refractivity contribution in [2.45, 2.75) is 91.6 Å². The number of halogens is 1. The minimum atomic E-state index is -1.13. The number of unbranched alkanes of at least 4 members (excludes halogenated alkanes) is 6. The molecule has 0 aromatic heterocycles. The van der Waals surface area contributed by atoms with Crippen LogP contribution in [0.15, 0.2) is 30.3 Å². The molecule has 0 heterocycles. The number of aliphatic hydroxyl groups is 1. The van der Waals surface area contributed by atoms with E-state index in [1.54, 1.807) is 18.2 Å². The van der Waals surface area contributed by atoms with Crippen LogP contribution in [0.2, 0.25) is 0 Å². The van der Waals surface area contributed by atoms with Crippen LogP contribution in [0.1, 0.15) is 95.8 Å². The fourth-order valence-corrected chi connectivity index (χ4v) is 3.84. The van der Waals surface area contributed by atoms with E-state index >= 15 is 0 Å². The number of carboxylic acid groups (broad SMARTS) is 1. The molecule has 0 bridgehead atoms. The molecule has 1 aromatic carbocycles. The van der Waals surface area contributed by atoms with Crippen LogP contribution in [-0.2, 0) is 0 Å². The minimum Gasteiger partial charge on any atom is -1.00 e. The Balaban J connectivity index is 0. The Labute approximate surface area is 191 Å². The predicted molar refractivity (Wildman–Crippen MR) is 121 cm³/mol. The number of quaternary nitrogens is 1. The first-order valence-electron chi connectivity index (χ1n) is 11.7. The minimum absolute atomic E-state index is 0. The maximum Gasteiger partial charge on any atom is 0.105 e. The summed E-state index contributed by atoms with van der Waals surface area (Å²) in [5, 5.41) is 20.0. The van der Waals surface area contributed by atoms with Crippen LogP contribution in [-0.4, -0.2) is 47.8 Å². The highest BCUT2D eigenvalue weighted by Gasteiger charge is 2.27. The van der Waals surface area contributed by atoms with E-state index in [2.05, 4.69) is 20.8 Å². The molecule has 0 saturated carbocycles. The van der Waals surface area contributed by atoms with Crippen molar-refractivity contribution in [3.63, 3.8) is 0 Å². The summed E-state index contributed by atoms with van der Waals surface area (Å²) in [6.07, 6.45) is 11.7. The average molecular weight is 443 g/mol. The van der Waals surface area contributed by atoms with Crippen molar-refractivity contribution >= 4 is 5.97 Å². The number of hydrogen-bond acceptors (Lipinski definition) is 3. The summed E-state index contributed by atoms with van der Waals surface area (Å²) in [7, 11) is 0. The molecule has 0 spiro atoms. The zero-order chi connectivity index (χ0) is 22.0. The van der Waals surface area contributed by atoms with E-state index in [1.165, 1.54) is 89.6 Å². The van der Waals surface area contributed by atoms with E-state index in [1.807, 2.05) is 6.92 Å². The third-order valence-corrected chi connectivity index (χ3v) is 5.37. The average Bonchev–Trinajstić information content (AvgIpc) is 2.69. The lowest BCUT2D eigenvalue weighted by Crippen LogP contribution is -3.00. The monoisotopic (exact) mass is 442 g/mol. The first-order valence-corrected chi connectivity index (χ1v) is 11.7. The maximum absolute atomic E-state index is 10.1. The van der Waals surface area contributed by atoms with E-state index in [0.717, 1.165) is 11.0 Å². The van der Waals surface area contributed by atoms with Crippen LogP contribution in [0, 0.1) is 0 Å². The van der Waals surface area contributed by atoms with Gasteiger partial charge in [0, 0.05) is 0 Å². The standard InChI is InChI=1S/C18H40NO.C7H6O2.ClH/c1-5-8-11-14-19(17-18(4)20,15-12-9-6-2)16-13-10-7-3;8-7(9)6-4-2-1-3-5-6;/h18,20H,5-17H2,1-4H3;1-5H,(H,8,9);1H/q+1;;/p-2. The summed E-state index contributed by atoms with van der Waals surface area (Å²) in [5.41, 5.74) is 0.220. The van der Waals surface area contributed by atoms with Gasteiger partial charge in [-0.15, -0.1) is 0 Å². The Morgan fingerprint density at radius 2 is 1.27 bits per heavy atom. The molecule has 1 rings (SSSR count). The molecule has 0 aliphatic heterocycles. The summed E-state index contributed by atoms with van der Waals surface area (Å²) in [4.78, 5) is 10.1. The number of benzene rings is 1. The lowest BCUT2D eigenvalue weighted by Gasteiger charge is -2.40. The molecule has 30 heavy (non-hydrogen) atoms. The van der Waals surface area contributed by atoms with Gasteiger partial charge in [-0.25, -0.2) is 0 Å². The number of carbonyl (C=O) groups is 1. The van der Waals surface area contributed by atoms with Crippen molar-refractivity contribution in [2.75, 3.05) is 26.2 Å². The van der Waals surface area contributed by atoms with Crippen LogP contribution in [0.25, 0.3) is 0 Å². The number of carbonyl (C=O) groups excluding carboxylic acids is 1. The lowest BCUT2D eigenvalue weighted by molar-refractivity contribution is -0.931. The first kappa shape index (κ1) is 31.1. The fraction of sp³-hybridized carbons (Fsp3) is 0.720. The highest BCUT2D eigenvalue weighted by molar-refractivity contribution is 5.85. The van der Waals surface area contributed by atoms with Gasteiger partial charge >= 0.3 is 0 Å². The first-order chi connectivity index (χ1) is 13.9. The van der Waals surface area contributed by atoms with Crippen molar-refractivity contribution in [1.29, 1.82) is 0 Å². The molecule has 1 N–H and O–H groups in total. The van der Waals surface area contributed by atoms with Gasteiger partial charge in [-0.2, -0.15) is 0 Å². The largest absolute Gasteiger partial charge is 1.00 e. The fourth-order valence-electron chi connectivity index (χ4n) is 3.84. The van der Waals surface area contributed by atoms with Crippen molar-refractivity contribution in [2.24, 2.45) is 0 Å². The van der Waals surface area contributed by atoms with Gasteiger partial charge in [0.05, 0.1) is 25.6 Å². The normalized spacial score (nSPS) is 11.8. The third-order valence-electron chi connectivity index (χ3n) is 5.37. The van der Waals surface area contributed by atoms with Gasteiger partial charge in [-0.05, 0) is 51.0 Å². The molecular weight excluding hydrogens is 398 g/mol. The van der Waals surface area contributed by atoms with E-state index < -0.39 is 5.97 Å². The second kappa shape index (κ2) is 19.8. The van der Waals surface area contributed by atoms with Crippen molar-refractivity contribution in [3.05, 3.63) is 35.9 Å². The van der Waals surface area contributed by atoms with E-state index in [4.69, 9.17) is 0 Å². The second-order valence-electron chi connectivity index (χ2n) is 8.32. The molecule has 0 amide bonds. The topological polar surface area (TPSA) is 60.4 Å². The van der Waals surface area contributed by atoms with E-state index in [0.29, 0.717) is 0 Å². The lowest BCUT2D eigenvalue weighted by atomic mass is 10.1. The molecule has 0 aliphatic carbocycles. The number of hydrogen-bond donors (Lipinski definition) is 1. The van der Waals surface area contributed by atoms with Crippen LogP contribution in [0.3, 0.4) is 0 Å². The molecule has 0 radical (unpaired) electrons. The molecule has 1 aromatic rings. The summed E-state index contributed by atoms with van der Waals surface area (Å²) >= 11 is 0. The molecule has 0 saturated heterocycles. The Bertz CT molecular complexity index is 482. The smallest absolute Gasteiger partial charge is 0.105 e. The number of nitrogens with zero attached hydrogens (tertiary/aromatic N) is 1. The van der Waals surface area contributed by atoms with Crippen LogP contribution in [0.5, 0.6) is 0 Å². The number of aliphatic hydroxyl groups excluding tert-OH is 1. The number of aromatic carboxylic acids is 1. The Kier molecular flexibility index (Phi) is 20.6.